The van der Waals surface area contributed by atoms with Gasteiger partial charge in [-0.1, -0.05) is 30.0 Å². The summed E-state index contributed by atoms with van der Waals surface area (Å²) in [5, 5.41) is 14.1. The summed E-state index contributed by atoms with van der Waals surface area (Å²) in [6, 6.07) is 8.42. The maximum Gasteiger partial charge on any atom is 0.339 e. The number of nitrogens with one attached hydrogen (secondary N) is 2. The van der Waals surface area contributed by atoms with Crippen molar-refractivity contribution in [3.63, 3.8) is 0 Å². The van der Waals surface area contributed by atoms with E-state index in [1.54, 1.807) is 42.8 Å². The number of thioether (sulfide) groups is 1. The number of rotatable bonds is 6. The lowest BCUT2D eigenvalue weighted by atomic mass is 10.3. The molecule has 25 heavy (non-hydrogen) atoms. The largest absolute Gasteiger partial charge is 0.468 e. The molecule has 1 unspecified atom stereocenters. The van der Waals surface area contributed by atoms with Gasteiger partial charge in [-0.05, 0) is 19.1 Å². The molecule has 0 fully saturated rings. The molecule has 1 atom stereocenters. The number of carbonyl (C=O) groups excluding carboxylic acids is 2. The Morgan fingerprint density at radius 3 is 2.64 bits per heavy atom. The summed E-state index contributed by atoms with van der Waals surface area (Å²) in [7, 11) is 3.05. The fourth-order valence-corrected chi connectivity index (χ4v) is 2.71. The zero-order valence-corrected chi connectivity index (χ0v) is 14.8. The number of urea groups is 1. The average Bonchev–Trinajstić information content (AvgIpc) is 3.02. The molecule has 0 saturated carbocycles. The molecule has 0 aliphatic rings. The van der Waals surface area contributed by atoms with E-state index in [0.717, 1.165) is 11.8 Å². The van der Waals surface area contributed by atoms with Crippen LogP contribution in [0.2, 0.25) is 0 Å². The minimum Gasteiger partial charge on any atom is -0.468 e. The third-order valence-electron chi connectivity index (χ3n) is 3.05. The van der Waals surface area contributed by atoms with Crippen molar-refractivity contribution in [3.8, 4) is 0 Å². The van der Waals surface area contributed by atoms with Gasteiger partial charge >= 0.3 is 12.0 Å². The molecule has 0 spiro atoms. The van der Waals surface area contributed by atoms with Crippen LogP contribution in [0.1, 0.15) is 6.92 Å². The summed E-state index contributed by atoms with van der Waals surface area (Å²) < 4.78 is 6.47. The Morgan fingerprint density at radius 1 is 1.32 bits per heavy atom. The van der Waals surface area contributed by atoms with Crippen LogP contribution in [0, 0.1) is 0 Å². The summed E-state index contributed by atoms with van der Waals surface area (Å²) in [6.07, 6.45) is 1.52. The Hall–Kier alpha value is -2.88. The van der Waals surface area contributed by atoms with Crippen LogP contribution in [-0.4, -0.2) is 44.8 Å². The molecule has 2 aromatic rings. The topological polar surface area (TPSA) is 110 Å². The lowest BCUT2D eigenvalue weighted by molar-refractivity contribution is -0.138. The van der Waals surface area contributed by atoms with E-state index in [1.165, 1.54) is 13.4 Å². The second-order valence-corrected chi connectivity index (χ2v) is 6.00. The molecule has 132 valence electrons. The molecule has 0 aliphatic carbocycles. The minimum atomic E-state index is -0.759. The monoisotopic (exact) mass is 362 g/mol. The number of esters is 1. The maximum absolute atomic E-state index is 12.0. The normalized spacial score (nSPS) is 12.4. The molecule has 1 aromatic heterocycles. The average molecular weight is 362 g/mol. The van der Waals surface area contributed by atoms with Crippen LogP contribution in [0.3, 0.4) is 0 Å². The van der Waals surface area contributed by atoms with Crippen LogP contribution >= 0.6 is 11.8 Å². The summed E-state index contributed by atoms with van der Waals surface area (Å²) in [5.74, 6) is -0.500. The van der Waals surface area contributed by atoms with E-state index in [1.807, 2.05) is 6.07 Å². The van der Waals surface area contributed by atoms with Gasteiger partial charge in [0.15, 0.2) is 5.16 Å². The van der Waals surface area contributed by atoms with Crippen molar-refractivity contribution in [1.29, 1.82) is 0 Å². The molecule has 9 nitrogen and oxygen atoms in total. The highest BCUT2D eigenvalue weighted by Crippen LogP contribution is 2.22. The van der Waals surface area contributed by atoms with Crippen molar-refractivity contribution in [1.82, 2.24) is 20.2 Å². The van der Waals surface area contributed by atoms with Crippen LogP contribution in [-0.2, 0) is 16.6 Å². The fraction of sp³-hybridized carbons (Fsp3) is 0.267. The number of aromatic nitrogens is 3. The molecule has 10 heteroatoms. The number of carbonyl (C=O) groups is 2. The second kappa shape index (κ2) is 8.83. The van der Waals surface area contributed by atoms with Gasteiger partial charge in [0.25, 0.3) is 0 Å². The summed E-state index contributed by atoms with van der Waals surface area (Å²) in [5.41, 5.74) is 3.35. The van der Waals surface area contributed by atoms with Gasteiger partial charge in [0, 0.05) is 12.7 Å². The first-order valence-electron chi connectivity index (χ1n) is 7.26. The first-order chi connectivity index (χ1) is 12.0. The SMILES string of the molecule is COC(=O)C(Sc1nncn1C)/C(C)=N\NC(=O)Nc1ccccc1. The number of hydrazone groups is 1. The Bertz CT molecular complexity index is 762. The number of anilines is 1. The second-order valence-electron chi connectivity index (χ2n) is 4.93. The molecule has 1 heterocycles. The quantitative estimate of drug-likeness (QED) is 0.350. The van der Waals surface area contributed by atoms with Gasteiger partial charge < -0.3 is 14.6 Å². The van der Waals surface area contributed by atoms with Crippen molar-refractivity contribution in [2.24, 2.45) is 12.1 Å². The van der Waals surface area contributed by atoms with Crippen LogP contribution in [0.15, 0.2) is 46.9 Å². The first-order valence-corrected chi connectivity index (χ1v) is 8.14. The molecule has 1 aromatic carbocycles. The van der Waals surface area contributed by atoms with Crippen molar-refractivity contribution >= 4 is 35.2 Å². The number of nitrogens with zero attached hydrogens (tertiary/aromatic N) is 4. The van der Waals surface area contributed by atoms with E-state index in [4.69, 9.17) is 4.74 Å². The number of para-hydroxylation sites is 1. The standard InChI is InChI=1S/C15H18N6O3S/c1-10(18-19-14(23)17-11-7-5-4-6-8-11)12(13(22)24-3)25-15-20-16-9-21(15)2/h4-9,12H,1-3H3,(H2,17,19,23)/b18-10-. The van der Waals surface area contributed by atoms with Crippen LogP contribution < -0.4 is 10.7 Å². The highest BCUT2D eigenvalue weighted by molar-refractivity contribution is 8.01. The van der Waals surface area contributed by atoms with Gasteiger partial charge in [-0.2, -0.15) is 5.10 Å². The van der Waals surface area contributed by atoms with Crippen LogP contribution in [0.25, 0.3) is 0 Å². The van der Waals surface area contributed by atoms with Crippen molar-refractivity contribution in [3.05, 3.63) is 36.7 Å². The van der Waals surface area contributed by atoms with E-state index < -0.39 is 17.3 Å². The first kappa shape index (κ1) is 18.5. The molecule has 2 rings (SSSR count). The van der Waals surface area contributed by atoms with Crippen LogP contribution in [0.4, 0.5) is 10.5 Å². The summed E-state index contributed by atoms with van der Waals surface area (Å²) >= 11 is 1.13. The van der Waals surface area contributed by atoms with E-state index in [9.17, 15) is 9.59 Å². The highest BCUT2D eigenvalue weighted by atomic mass is 32.2. The molecule has 0 radical (unpaired) electrons. The van der Waals surface area contributed by atoms with Crippen molar-refractivity contribution in [2.45, 2.75) is 17.3 Å². The molecule has 0 saturated heterocycles. The number of amides is 2. The lowest BCUT2D eigenvalue weighted by Gasteiger charge is -2.13. The van der Waals surface area contributed by atoms with Gasteiger partial charge in [0.2, 0.25) is 0 Å². The number of aryl methyl sites for hydroxylation is 1. The summed E-state index contributed by atoms with van der Waals surface area (Å²) in [4.78, 5) is 23.9. The Balaban J connectivity index is 2.03. The van der Waals surface area contributed by atoms with E-state index >= 15 is 0 Å². The molecule has 0 aliphatic heterocycles. The molecule has 0 bridgehead atoms. The smallest absolute Gasteiger partial charge is 0.339 e. The fourth-order valence-electron chi connectivity index (χ4n) is 1.77. The third kappa shape index (κ3) is 5.31. The zero-order valence-electron chi connectivity index (χ0n) is 14.0. The van der Waals surface area contributed by atoms with Crippen molar-refractivity contribution < 1.29 is 14.3 Å². The molecule has 2 amide bonds. The van der Waals surface area contributed by atoms with Gasteiger partial charge in [-0.3, -0.25) is 4.79 Å². The molecule has 2 N–H and O–H groups in total. The van der Waals surface area contributed by atoms with Gasteiger partial charge in [-0.25, -0.2) is 10.2 Å². The maximum atomic E-state index is 12.0. The minimum absolute atomic E-state index is 0.364. The lowest BCUT2D eigenvalue weighted by Crippen LogP contribution is -2.31. The van der Waals surface area contributed by atoms with Gasteiger partial charge in [-0.15, -0.1) is 10.2 Å². The van der Waals surface area contributed by atoms with E-state index in [0.29, 0.717) is 16.6 Å². The Morgan fingerprint density at radius 2 is 2.04 bits per heavy atom. The number of benzene rings is 1. The molecular weight excluding hydrogens is 344 g/mol. The van der Waals surface area contributed by atoms with E-state index in [2.05, 4.69) is 26.0 Å². The van der Waals surface area contributed by atoms with Crippen molar-refractivity contribution in [2.75, 3.05) is 12.4 Å². The predicted octanol–water partition coefficient (Wildman–Crippen LogP) is 1.65. The number of ether oxygens (including phenoxy) is 1. The third-order valence-corrected chi connectivity index (χ3v) is 4.40. The number of methoxy groups -OCH3 is 1. The zero-order chi connectivity index (χ0) is 18.2. The highest BCUT2D eigenvalue weighted by Gasteiger charge is 2.26. The molecular formula is C15H18N6O3S. The van der Waals surface area contributed by atoms with Gasteiger partial charge in [0.05, 0.1) is 12.8 Å². The Kier molecular flexibility index (Phi) is 6.52. The van der Waals surface area contributed by atoms with Gasteiger partial charge in [0.1, 0.15) is 11.6 Å². The Labute approximate surface area is 148 Å². The summed E-state index contributed by atoms with van der Waals surface area (Å²) in [6.45, 7) is 1.62. The predicted molar refractivity (Wildman–Crippen MR) is 94.4 cm³/mol. The number of hydrogen-bond donors (Lipinski definition) is 2. The number of hydrogen-bond acceptors (Lipinski definition) is 7. The van der Waals surface area contributed by atoms with Crippen LogP contribution in [0.5, 0.6) is 0 Å². The van der Waals surface area contributed by atoms with E-state index in [-0.39, 0.29) is 0 Å².